The first-order valence-corrected chi connectivity index (χ1v) is 11.2. The summed E-state index contributed by atoms with van der Waals surface area (Å²) in [7, 11) is -3.64. The number of carbonyl (C=O) groups excluding carboxylic acids is 1. The van der Waals surface area contributed by atoms with Gasteiger partial charge in [-0.05, 0) is 48.9 Å². The van der Waals surface area contributed by atoms with Crippen molar-refractivity contribution < 1.29 is 13.2 Å². The number of hydrogen-bond donors (Lipinski definition) is 1. The number of halogens is 2. The molecule has 1 fully saturated rings. The topological polar surface area (TPSA) is 66.5 Å². The minimum absolute atomic E-state index is 0.0724. The number of amides is 1. The Balaban J connectivity index is 1.81. The Hall–Kier alpha value is -1.12. The van der Waals surface area contributed by atoms with Crippen LogP contribution in [0.2, 0.25) is 10.0 Å². The van der Waals surface area contributed by atoms with Crippen LogP contribution < -0.4 is 5.32 Å². The number of hydrogen-bond acceptors (Lipinski definition) is 4. The van der Waals surface area contributed by atoms with E-state index >= 15 is 0 Å². The van der Waals surface area contributed by atoms with Crippen LogP contribution in [0.3, 0.4) is 0 Å². The molecule has 0 bridgehead atoms. The molecule has 1 unspecified atom stereocenters. The summed E-state index contributed by atoms with van der Waals surface area (Å²) in [5.41, 5.74) is 0.785. The maximum Gasteiger partial charge on any atom is 0.263 e. The largest absolute Gasteiger partial charge is 0.345 e. The molecule has 1 amide bonds. The summed E-state index contributed by atoms with van der Waals surface area (Å²) < 4.78 is 27.0. The van der Waals surface area contributed by atoms with Crippen LogP contribution in [0.4, 0.5) is 0 Å². The molecule has 1 saturated heterocycles. The molecule has 0 saturated carbocycles. The molecule has 1 N–H and O–H groups in total. The quantitative estimate of drug-likeness (QED) is 0.764. The van der Waals surface area contributed by atoms with Gasteiger partial charge in [0.25, 0.3) is 5.91 Å². The fraction of sp³-hybridized carbons (Fsp3) is 0.353. The fourth-order valence-electron chi connectivity index (χ4n) is 2.86. The minimum Gasteiger partial charge on any atom is -0.345 e. The first kappa shape index (κ1) is 19.6. The van der Waals surface area contributed by atoms with Gasteiger partial charge in [-0.3, -0.25) is 4.79 Å². The van der Waals surface area contributed by atoms with Gasteiger partial charge in [0.05, 0.1) is 16.1 Å². The van der Waals surface area contributed by atoms with Gasteiger partial charge < -0.3 is 5.32 Å². The normalized spacial score (nSPS) is 16.6. The number of nitrogens with one attached hydrogen (secondary N) is 1. The second-order valence-corrected chi connectivity index (χ2v) is 9.73. The number of nitrogens with zero attached hydrogens (tertiary/aromatic N) is 1. The van der Waals surface area contributed by atoms with Crippen molar-refractivity contribution in [3.63, 3.8) is 0 Å². The Morgan fingerprint density at radius 3 is 2.54 bits per heavy atom. The maximum atomic E-state index is 12.8. The summed E-state index contributed by atoms with van der Waals surface area (Å²) in [6, 6.07) is 6.27. The van der Waals surface area contributed by atoms with E-state index in [-0.39, 0.29) is 15.8 Å². The lowest BCUT2D eigenvalue weighted by molar-refractivity contribution is 0.0941. The molecule has 3 rings (SSSR count). The Bertz CT molecular complexity index is 922. The molecule has 0 radical (unpaired) electrons. The average Bonchev–Trinajstić information content (AvgIpc) is 3.29. The predicted molar refractivity (Wildman–Crippen MR) is 105 cm³/mol. The molecular weight excluding hydrogens is 415 g/mol. The summed E-state index contributed by atoms with van der Waals surface area (Å²) in [6.45, 7) is 2.80. The molecule has 0 spiro atoms. The van der Waals surface area contributed by atoms with Gasteiger partial charge in [0.15, 0.2) is 0 Å². The lowest BCUT2D eigenvalue weighted by Gasteiger charge is -2.17. The van der Waals surface area contributed by atoms with Gasteiger partial charge in [0, 0.05) is 13.1 Å². The predicted octanol–water partition coefficient (Wildman–Crippen LogP) is 4.33. The molecule has 1 aliphatic heterocycles. The van der Waals surface area contributed by atoms with Crippen LogP contribution in [0.1, 0.15) is 41.0 Å². The Morgan fingerprint density at radius 2 is 1.88 bits per heavy atom. The molecule has 0 aliphatic carbocycles. The van der Waals surface area contributed by atoms with E-state index in [0.29, 0.717) is 23.1 Å². The highest BCUT2D eigenvalue weighted by atomic mass is 35.5. The van der Waals surface area contributed by atoms with E-state index in [1.54, 1.807) is 30.5 Å². The molecule has 9 heteroatoms. The van der Waals surface area contributed by atoms with Gasteiger partial charge in [-0.25, -0.2) is 8.42 Å². The fourth-order valence-corrected chi connectivity index (χ4v) is 5.99. The summed E-state index contributed by atoms with van der Waals surface area (Å²) in [6.07, 6.45) is 1.69. The first-order chi connectivity index (χ1) is 12.3. The van der Waals surface area contributed by atoms with Crippen LogP contribution in [0.15, 0.2) is 34.5 Å². The van der Waals surface area contributed by atoms with E-state index in [2.05, 4.69) is 5.32 Å². The molecule has 1 atom stereocenters. The highest BCUT2D eigenvalue weighted by Crippen LogP contribution is 2.29. The Kier molecular flexibility index (Phi) is 5.94. The Labute approximate surface area is 167 Å². The number of rotatable bonds is 5. The highest BCUT2D eigenvalue weighted by Gasteiger charge is 2.32. The molecule has 140 valence electrons. The second kappa shape index (κ2) is 7.86. The van der Waals surface area contributed by atoms with E-state index in [4.69, 9.17) is 23.2 Å². The van der Waals surface area contributed by atoms with Crippen LogP contribution >= 0.6 is 34.5 Å². The summed E-state index contributed by atoms with van der Waals surface area (Å²) in [4.78, 5) is 13.0. The van der Waals surface area contributed by atoms with Gasteiger partial charge in [-0.2, -0.15) is 4.31 Å². The van der Waals surface area contributed by atoms with Crippen LogP contribution in [0.25, 0.3) is 0 Å². The smallest absolute Gasteiger partial charge is 0.263 e. The average molecular weight is 433 g/mol. The monoisotopic (exact) mass is 432 g/mol. The number of thiophene rings is 1. The van der Waals surface area contributed by atoms with Crippen molar-refractivity contribution in [1.82, 2.24) is 9.62 Å². The molecule has 5 nitrogen and oxygen atoms in total. The Morgan fingerprint density at radius 1 is 1.19 bits per heavy atom. The molecule has 26 heavy (non-hydrogen) atoms. The molecule has 2 aromatic rings. The van der Waals surface area contributed by atoms with Crippen LogP contribution in [0.5, 0.6) is 0 Å². The van der Waals surface area contributed by atoms with Gasteiger partial charge in [0.2, 0.25) is 10.0 Å². The lowest BCUT2D eigenvalue weighted by Crippen LogP contribution is -2.31. The number of sulfonamides is 1. The zero-order chi connectivity index (χ0) is 18.9. The van der Waals surface area contributed by atoms with Gasteiger partial charge in [0.1, 0.15) is 9.77 Å². The van der Waals surface area contributed by atoms with Crippen LogP contribution in [-0.4, -0.2) is 31.7 Å². The van der Waals surface area contributed by atoms with Gasteiger partial charge in [-0.15, -0.1) is 11.3 Å². The van der Waals surface area contributed by atoms with Crippen molar-refractivity contribution >= 4 is 50.5 Å². The zero-order valence-corrected chi connectivity index (χ0v) is 17.2. The standard InChI is InChI=1S/C17H18Cl2N2O3S2/c1-11(12-4-5-13(18)14(19)10-12)20-17(22)16-15(6-9-25-16)26(23,24)21-7-2-3-8-21/h4-6,9-11H,2-3,7-8H2,1H3,(H,20,22). The molecule has 1 aromatic carbocycles. The van der Waals surface area contributed by atoms with Crippen LogP contribution in [-0.2, 0) is 10.0 Å². The lowest BCUT2D eigenvalue weighted by atomic mass is 10.1. The number of carbonyl (C=O) groups is 1. The summed E-state index contributed by atoms with van der Waals surface area (Å²) >= 11 is 13.1. The zero-order valence-electron chi connectivity index (χ0n) is 14.0. The summed E-state index contributed by atoms with van der Waals surface area (Å²) in [5, 5.41) is 5.30. The molecule has 2 heterocycles. The third kappa shape index (κ3) is 3.92. The van der Waals surface area contributed by atoms with Crippen molar-refractivity contribution in [3.05, 3.63) is 50.1 Å². The van der Waals surface area contributed by atoms with Gasteiger partial charge >= 0.3 is 0 Å². The van der Waals surface area contributed by atoms with E-state index in [1.807, 2.05) is 0 Å². The number of benzene rings is 1. The van der Waals surface area contributed by atoms with Crippen molar-refractivity contribution in [2.45, 2.75) is 30.7 Å². The summed E-state index contributed by atoms with van der Waals surface area (Å²) in [5.74, 6) is -0.420. The van der Waals surface area contributed by atoms with Crippen LogP contribution in [0, 0.1) is 0 Å². The second-order valence-electron chi connectivity index (χ2n) is 6.09. The SMILES string of the molecule is CC(NC(=O)c1sccc1S(=O)(=O)N1CCCC1)c1ccc(Cl)c(Cl)c1. The van der Waals surface area contributed by atoms with Crippen molar-refractivity contribution in [3.8, 4) is 0 Å². The molecule has 1 aromatic heterocycles. The van der Waals surface area contributed by atoms with Gasteiger partial charge in [-0.1, -0.05) is 29.3 Å². The first-order valence-electron chi connectivity index (χ1n) is 8.14. The highest BCUT2D eigenvalue weighted by molar-refractivity contribution is 7.89. The van der Waals surface area contributed by atoms with E-state index in [1.165, 1.54) is 10.4 Å². The molecule has 1 aliphatic rings. The van der Waals surface area contributed by atoms with E-state index < -0.39 is 15.9 Å². The van der Waals surface area contributed by atoms with Crippen molar-refractivity contribution in [1.29, 1.82) is 0 Å². The molecular formula is C17H18Cl2N2O3S2. The third-order valence-corrected chi connectivity index (χ3v) is 8.03. The minimum atomic E-state index is -3.64. The maximum absolute atomic E-state index is 12.8. The van der Waals surface area contributed by atoms with Crippen molar-refractivity contribution in [2.24, 2.45) is 0 Å². The third-order valence-electron chi connectivity index (χ3n) is 4.31. The van der Waals surface area contributed by atoms with E-state index in [0.717, 1.165) is 29.7 Å². The van der Waals surface area contributed by atoms with E-state index in [9.17, 15) is 13.2 Å². The van der Waals surface area contributed by atoms with Crippen molar-refractivity contribution in [2.75, 3.05) is 13.1 Å².